The number of ether oxygens (including phenoxy) is 4. The molecule has 0 spiro atoms. The molecule has 2 rings (SSSR count). The maximum Gasteiger partial charge on any atom is 0.161 e. The van der Waals surface area contributed by atoms with Gasteiger partial charge in [-0.25, -0.2) is 0 Å². The predicted molar refractivity (Wildman–Crippen MR) is 105 cm³/mol. The molecule has 0 aliphatic heterocycles. The third-order valence-corrected chi connectivity index (χ3v) is 3.95. The largest absolute Gasteiger partial charge is 0.493 e. The fourth-order valence-electron chi connectivity index (χ4n) is 2.46. The van der Waals surface area contributed by atoms with Crippen molar-refractivity contribution in [2.45, 2.75) is 12.5 Å². The molecule has 0 fully saturated rings. The van der Waals surface area contributed by atoms with Crippen LogP contribution in [0.4, 0.5) is 0 Å². The Bertz CT molecular complexity index is 647. The number of hydrogen-bond acceptors (Lipinski definition) is 6. The first-order valence-electron chi connectivity index (χ1n) is 9.08. The maximum absolute atomic E-state index is 10.0. The van der Waals surface area contributed by atoms with Gasteiger partial charge in [-0.05, 0) is 36.2 Å². The standard InChI is InChI=1S/C21H29NO5/c1-24-13-11-17-7-9-19(10-8-17)27-16-18(23)15-22-12-14-26-21-6-4-3-5-20(21)25-2/h3-10,18,22-23H,11-16H2,1-2H3/t18-/m0/s1. The average molecular weight is 375 g/mol. The lowest BCUT2D eigenvalue weighted by atomic mass is 10.1. The molecule has 6 nitrogen and oxygen atoms in total. The third kappa shape index (κ3) is 7.86. The first kappa shape index (κ1) is 21.0. The van der Waals surface area contributed by atoms with Gasteiger partial charge in [0.25, 0.3) is 0 Å². The number of aliphatic hydroxyl groups excluding tert-OH is 1. The molecule has 0 aliphatic rings. The zero-order chi connectivity index (χ0) is 19.3. The van der Waals surface area contributed by atoms with Crippen molar-refractivity contribution in [1.82, 2.24) is 5.32 Å². The molecule has 2 N–H and O–H groups in total. The smallest absolute Gasteiger partial charge is 0.161 e. The Morgan fingerprint density at radius 1 is 0.926 bits per heavy atom. The quantitative estimate of drug-likeness (QED) is 0.524. The van der Waals surface area contributed by atoms with Gasteiger partial charge in [-0.2, -0.15) is 0 Å². The van der Waals surface area contributed by atoms with Crippen LogP contribution in [0.15, 0.2) is 48.5 Å². The van der Waals surface area contributed by atoms with Crippen molar-refractivity contribution < 1.29 is 24.1 Å². The molecule has 0 unspecified atom stereocenters. The Morgan fingerprint density at radius 2 is 1.67 bits per heavy atom. The van der Waals surface area contributed by atoms with E-state index in [9.17, 15) is 5.11 Å². The van der Waals surface area contributed by atoms with Gasteiger partial charge in [-0.3, -0.25) is 0 Å². The number of methoxy groups -OCH3 is 2. The maximum atomic E-state index is 10.0. The number of hydrogen-bond donors (Lipinski definition) is 2. The second-order valence-electron chi connectivity index (χ2n) is 6.06. The third-order valence-electron chi connectivity index (χ3n) is 3.95. The summed E-state index contributed by atoms with van der Waals surface area (Å²) in [6, 6.07) is 15.3. The molecule has 148 valence electrons. The van der Waals surface area contributed by atoms with Gasteiger partial charge in [0.2, 0.25) is 0 Å². The molecule has 0 saturated heterocycles. The van der Waals surface area contributed by atoms with E-state index >= 15 is 0 Å². The number of para-hydroxylation sites is 2. The summed E-state index contributed by atoms with van der Waals surface area (Å²) < 4.78 is 21.6. The van der Waals surface area contributed by atoms with Crippen LogP contribution in [0, 0.1) is 0 Å². The van der Waals surface area contributed by atoms with Crippen molar-refractivity contribution in [2.24, 2.45) is 0 Å². The Labute approximate surface area is 161 Å². The Hall–Kier alpha value is -2.28. The fourth-order valence-corrected chi connectivity index (χ4v) is 2.46. The number of rotatable bonds is 13. The van der Waals surface area contributed by atoms with Crippen molar-refractivity contribution in [3.8, 4) is 17.2 Å². The molecule has 0 radical (unpaired) electrons. The van der Waals surface area contributed by atoms with Crippen LogP contribution >= 0.6 is 0 Å². The number of aliphatic hydroxyl groups is 1. The van der Waals surface area contributed by atoms with E-state index in [0.717, 1.165) is 12.2 Å². The van der Waals surface area contributed by atoms with Crippen LogP contribution in [0.3, 0.4) is 0 Å². The first-order valence-corrected chi connectivity index (χ1v) is 9.08. The number of nitrogens with one attached hydrogen (secondary N) is 1. The Balaban J connectivity index is 1.58. The van der Waals surface area contributed by atoms with Crippen LogP contribution in [0.1, 0.15) is 5.56 Å². The first-order chi connectivity index (χ1) is 13.2. The molecule has 0 saturated carbocycles. The minimum atomic E-state index is -0.593. The van der Waals surface area contributed by atoms with Crippen molar-refractivity contribution >= 4 is 0 Å². The zero-order valence-electron chi connectivity index (χ0n) is 16.0. The van der Waals surface area contributed by atoms with E-state index in [1.54, 1.807) is 14.2 Å². The summed E-state index contributed by atoms with van der Waals surface area (Å²) in [5.74, 6) is 2.16. The summed E-state index contributed by atoms with van der Waals surface area (Å²) in [6.45, 7) is 2.46. The van der Waals surface area contributed by atoms with Crippen LogP contribution in [0.5, 0.6) is 17.2 Å². The molecule has 0 heterocycles. The van der Waals surface area contributed by atoms with E-state index in [0.29, 0.717) is 37.8 Å². The SMILES string of the molecule is COCCc1ccc(OC[C@@H](O)CNCCOc2ccccc2OC)cc1. The highest BCUT2D eigenvalue weighted by molar-refractivity contribution is 5.39. The molecule has 1 atom stereocenters. The van der Waals surface area contributed by atoms with E-state index in [1.807, 2.05) is 48.5 Å². The fraction of sp³-hybridized carbons (Fsp3) is 0.429. The zero-order valence-corrected chi connectivity index (χ0v) is 16.0. The molecular weight excluding hydrogens is 346 g/mol. The summed E-state index contributed by atoms with van der Waals surface area (Å²) in [5.41, 5.74) is 1.20. The van der Waals surface area contributed by atoms with Gasteiger partial charge in [0.1, 0.15) is 25.1 Å². The molecule has 2 aromatic rings. The second kappa shape index (κ2) is 12.2. The Kier molecular flexibility index (Phi) is 9.48. The summed E-state index contributed by atoms with van der Waals surface area (Å²) >= 11 is 0. The van der Waals surface area contributed by atoms with E-state index in [2.05, 4.69) is 5.32 Å². The van der Waals surface area contributed by atoms with Gasteiger partial charge in [0.15, 0.2) is 11.5 Å². The highest BCUT2D eigenvalue weighted by Gasteiger charge is 2.06. The van der Waals surface area contributed by atoms with Crippen molar-refractivity contribution in [2.75, 3.05) is 47.1 Å². The monoisotopic (exact) mass is 375 g/mol. The molecule has 0 bridgehead atoms. The van der Waals surface area contributed by atoms with Gasteiger partial charge in [-0.15, -0.1) is 0 Å². The minimum absolute atomic E-state index is 0.234. The Morgan fingerprint density at radius 3 is 2.37 bits per heavy atom. The van der Waals surface area contributed by atoms with E-state index < -0.39 is 6.10 Å². The van der Waals surface area contributed by atoms with Crippen LogP contribution in [0.25, 0.3) is 0 Å². The lowest BCUT2D eigenvalue weighted by molar-refractivity contribution is 0.105. The van der Waals surface area contributed by atoms with Gasteiger partial charge >= 0.3 is 0 Å². The summed E-state index contributed by atoms with van der Waals surface area (Å²) in [6.07, 6.45) is 0.282. The van der Waals surface area contributed by atoms with Gasteiger partial charge in [0, 0.05) is 20.2 Å². The van der Waals surface area contributed by atoms with Gasteiger partial charge < -0.3 is 29.4 Å². The molecule has 2 aromatic carbocycles. The van der Waals surface area contributed by atoms with Crippen LogP contribution < -0.4 is 19.5 Å². The molecule has 6 heteroatoms. The second-order valence-corrected chi connectivity index (χ2v) is 6.06. The summed E-state index contributed by atoms with van der Waals surface area (Å²) in [7, 11) is 3.31. The minimum Gasteiger partial charge on any atom is -0.493 e. The van der Waals surface area contributed by atoms with Gasteiger partial charge in [0.05, 0.1) is 13.7 Å². The molecule has 0 aliphatic carbocycles. The normalized spacial score (nSPS) is 11.8. The summed E-state index contributed by atoms with van der Waals surface area (Å²) in [4.78, 5) is 0. The van der Waals surface area contributed by atoms with Gasteiger partial charge in [-0.1, -0.05) is 24.3 Å². The van der Waals surface area contributed by atoms with E-state index in [4.69, 9.17) is 18.9 Å². The topological polar surface area (TPSA) is 69.2 Å². The predicted octanol–water partition coefficient (Wildman–Crippen LogP) is 2.29. The highest BCUT2D eigenvalue weighted by atomic mass is 16.5. The molecular formula is C21H29NO5. The average Bonchev–Trinajstić information content (AvgIpc) is 2.71. The molecule has 27 heavy (non-hydrogen) atoms. The van der Waals surface area contributed by atoms with Crippen LogP contribution in [-0.2, 0) is 11.2 Å². The lowest BCUT2D eigenvalue weighted by Gasteiger charge is -2.14. The molecule has 0 aromatic heterocycles. The van der Waals surface area contributed by atoms with Crippen molar-refractivity contribution in [1.29, 1.82) is 0 Å². The lowest BCUT2D eigenvalue weighted by Crippen LogP contribution is -2.33. The van der Waals surface area contributed by atoms with Crippen molar-refractivity contribution in [3.05, 3.63) is 54.1 Å². The van der Waals surface area contributed by atoms with Crippen LogP contribution in [-0.4, -0.2) is 58.3 Å². The van der Waals surface area contributed by atoms with E-state index in [1.165, 1.54) is 5.56 Å². The summed E-state index contributed by atoms with van der Waals surface area (Å²) in [5, 5.41) is 13.2. The molecule has 0 amide bonds. The van der Waals surface area contributed by atoms with Crippen LogP contribution in [0.2, 0.25) is 0 Å². The van der Waals surface area contributed by atoms with E-state index in [-0.39, 0.29) is 6.61 Å². The highest BCUT2D eigenvalue weighted by Crippen LogP contribution is 2.25. The number of benzene rings is 2. The van der Waals surface area contributed by atoms with Crippen molar-refractivity contribution in [3.63, 3.8) is 0 Å².